The SMILES string of the molecule is O=C(N[C@H](CN1CCC1)[C@@H](O)c1cc(F)c2c(c1)OCCO2)/C(CCc1ccc2ccccc2c1)=N\O. The second-order valence-corrected chi connectivity index (χ2v) is 9.43. The van der Waals surface area contributed by atoms with Crippen molar-refractivity contribution in [2.24, 2.45) is 5.16 Å². The highest BCUT2D eigenvalue weighted by Crippen LogP contribution is 2.36. The van der Waals surface area contributed by atoms with Gasteiger partial charge in [0.05, 0.1) is 6.04 Å². The zero-order valence-corrected chi connectivity index (χ0v) is 20.4. The molecule has 0 aliphatic carbocycles. The van der Waals surface area contributed by atoms with Gasteiger partial charge in [0.1, 0.15) is 25.0 Å². The molecule has 0 radical (unpaired) electrons. The van der Waals surface area contributed by atoms with E-state index >= 15 is 0 Å². The lowest BCUT2D eigenvalue weighted by Crippen LogP contribution is -2.52. The third-order valence-electron chi connectivity index (χ3n) is 6.91. The fraction of sp³-hybridized carbons (Fsp3) is 0.357. The number of halogens is 1. The van der Waals surface area contributed by atoms with Gasteiger partial charge in [-0.3, -0.25) is 4.79 Å². The summed E-state index contributed by atoms with van der Waals surface area (Å²) in [5.41, 5.74) is 1.24. The van der Waals surface area contributed by atoms with Crippen LogP contribution in [-0.2, 0) is 11.2 Å². The van der Waals surface area contributed by atoms with Crippen molar-refractivity contribution in [3.8, 4) is 11.5 Å². The molecule has 8 nitrogen and oxygen atoms in total. The van der Waals surface area contributed by atoms with Gasteiger partial charge in [-0.2, -0.15) is 0 Å². The number of carbonyl (C=O) groups excluding carboxylic acids is 1. The summed E-state index contributed by atoms with van der Waals surface area (Å²) in [7, 11) is 0. The van der Waals surface area contributed by atoms with Crippen LogP contribution in [0.25, 0.3) is 10.8 Å². The minimum Gasteiger partial charge on any atom is -0.486 e. The van der Waals surface area contributed by atoms with E-state index < -0.39 is 23.9 Å². The van der Waals surface area contributed by atoms with Crippen molar-refractivity contribution in [3.63, 3.8) is 0 Å². The van der Waals surface area contributed by atoms with Crippen LogP contribution in [0.1, 0.15) is 30.1 Å². The van der Waals surface area contributed by atoms with Crippen LogP contribution in [0.2, 0.25) is 0 Å². The molecular formula is C28H30FN3O5. The number of ether oxygens (including phenoxy) is 2. The maximum absolute atomic E-state index is 14.6. The highest BCUT2D eigenvalue weighted by molar-refractivity contribution is 6.38. The summed E-state index contributed by atoms with van der Waals surface area (Å²) in [5.74, 6) is -0.963. The van der Waals surface area contributed by atoms with E-state index in [0.29, 0.717) is 13.0 Å². The summed E-state index contributed by atoms with van der Waals surface area (Å²) < 4.78 is 25.5. The third kappa shape index (κ3) is 5.68. The zero-order valence-electron chi connectivity index (χ0n) is 20.4. The predicted octanol–water partition coefficient (Wildman–Crippen LogP) is 3.44. The second-order valence-electron chi connectivity index (χ2n) is 9.43. The van der Waals surface area contributed by atoms with Crippen LogP contribution >= 0.6 is 0 Å². The molecule has 0 unspecified atom stereocenters. The summed E-state index contributed by atoms with van der Waals surface area (Å²) in [6.07, 6.45) is 0.538. The lowest BCUT2D eigenvalue weighted by Gasteiger charge is -2.36. The molecule has 3 N–H and O–H groups in total. The maximum Gasteiger partial charge on any atom is 0.269 e. The zero-order chi connectivity index (χ0) is 25.8. The van der Waals surface area contributed by atoms with E-state index in [1.807, 2.05) is 36.4 Å². The highest BCUT2D eigenvalue weighted by Gasteiger charge is 2.30. The van der Waals surface area contributed by atoms with Crippen LogP contribution in [0.5, 0.6) is 11.5 Å². The molecule has 0 aromatic heterocycles. The number of likely N-dealkylation sites (tertiary alicyclic amines) is 1. The first-order valence-electron chi connectivity index (χ1n) is 12.5. The largest absolute Gasteiger partial charge is 0.486 e. The Morgan fingerprint density at radius 3 is 2.62 bits per heavy atom. The molecule has 0 bridgehead atoms. The molecule has 5 rings (SSSR count). The Labute approximate surface area is 214 Å². The van der Waals surface area contributed by atoms with Gasteiger partial charge in [0.25, 0.3) is 5.91 Å². The molecule has 3 aromatic rings. The first-order valence-corrected chi connectivity index (χ1v) is 12.5. The van der Waals surface area contributed by atoms with Gasteiger partial charge in [0.2, 0.25) is 0 Å². The number of hydrogen-bond acceptors (Lipinski definition) is 7. The molecule has 37 heavy (non-hydrogen) atoms. The van der Waals surface area contributed by atoms with E-state index in [2.05, 4.69) is 21.4 Å². The number of nitrogens with zero attached hydrogens (tertiary/aromatic N) is 2. The van der Waals surface area contributed by atoms with E-state index in [4.69, 9.17) is 9.47 Å². The molecule has 1 saturated heterocycles. The standard InChI is InChI=1S/C28H30FN3O5/c29-22-15-21(16-25-27(22)37-13-12-36-25)26(33)24(17-32-10-3-11-32)30-28(34)23(31-35)9-7-18-6-8-19-4-1-2-5-20(19)14-18/h1-2,4-6,8,14-16,24,26,33,35H,3,7,9-13,17H2,(H,30,34)/b31-23-/t24-,26+/m1/s1. The number of aliphatic hydroxyl groups is 1. The van der Waals surface area contributed by atoms with Gasteiger partial charge >= 0.3 is 0 Å². The molecule has 0 spiro atoms. The molecule has 1 fully saturated rings. The lowest BCUT2D eigenvalue weighted by atomic mass is 9.98. The number of oxime groups is 1. The minimum absolute atomic E-state index is 0.0221. The average molecular weight is 508 g/mol. The summed E-state index contributed by atoms with van der Waals surface area (Å²) >= 11 is 0. The molecule has 2 heterocycles. The van der Waals surface area contributed by atoms with Crippen LogP contribution in [0.4, 0.5) is 4.39 Å². The Bertz CT molecular complexity index is 1310. The van der Waals surface area contributed by atoms with Crippen LogP contribution in [-0.4, -0.2) is 65.7 Å². The molecule has 0 saturated carbocycles. The van der Waals surface area contributed by atoms with Crippen molar-refractivity contribution in [3.05, 3.63) is 71.5 Å². The van der Waals surface area contributed by atoms with E-state index in [1.165, 1.54) is 12.1 Å². The summed E-state index contributed by atoms with van der Waals surface area (Å²) in [6.45, 7) is 2.59. The van der Waals surface area contributed by atoms with Crippen molar-refractivity contribution in [2.75, 3.05) is 32.8 Å². The van der Waals surface area contributed by atoms with Crippen LogP contribution in [0, 0.1) is 5.82 Å². The third-order valence-corrected chi connectivity index (χ3v) is 6.91. The van der Waals surface area contributed by atoms with Gasteiger partial charge in [-0.05, 0) is 60.0 Å². The van der Waals surface area contributed by atoms with Gasteiger partial charge in [0.15, 0.2) is 17.3 Å². The number of fused-ring (bicyclic) bond motifs is 2. The predicted molar refractivity (Wildman–Crippen MR) is 137 cm³/mol. The Kier molecular flexibility index (Phi) is 7.52. The Morgan fingerprint density at radius 2 is 1.86 bits per heavy atom. The van der Waals surface area contributed by atoms with E-state index in [1.54, 1.807) is 0 Å². The Hall–Kier alpha value is -3.69. The molecule has 1 amide bonds. The normalized spacial score (nSPS) is 17.2. The summed E-state index contributed by atoms with van der Waals surface area (Å²) in [4.78, 5) is 15.2. The highest BCUT2D eigenvalue weighted by atomic mass is 19.1. The van der Waals surface area contributed by atoms with Gasteiger partial charge in [-0.25, -0.2) is 4.39 Å². The van der Waals surface area contributed by atoms with Crippen molar-refractivity contribution in [1.82, 2.24) is 10.2 Å². The number of nitrogens with one attached hydrogen (secondary N) is 1. The summed E-state index contributed by atoms with van der Waals surface area (Å²) in [6, 6.07) is 16.0. The average Bonchev–Trinajstić information content (AvgIpc) is 2.89. The number of carbonyl (C=O) groups is 1. The maximum atomic E-state index is 14.6. The topological polar surface area (TPSA) is 104 Å². The minimum atomic E-state index is -1.21. The number of aliphatic hydroxyl groups excluding tert-OH is 1. The van der Waals surface area contributed by atoms with Crippen LogP contribution in [0.15, 0.2) is 59.8 Å². The molecule has 9 heteroatoms. The molecule has 2 aliphatic rings. The fourth-order valence-corrected chi connectivity index (χ4v) is 4.72. The van der Waals surface area contributed by atoms with E-state index in [9.17, 15) is 19.5 Å². The monoisotopic (exact) mass is 507 g/mol. The van der Waals surface area contributed by atoms with Crippen molar-refractivity contribution in [2.45, 2.75) is 31.4 Å². The Balaban J connectivity index is 1.29. The first-order chi connectivity index (χ1) is 18.0. The molecular weight excluding hydrogens is 477 g/mol. The van der Waals surface area contributed by atoms with E-state index in [-0.39, 0.29) is 42.4 Å². The Morgan fingerprint density at radius 1 is 1.08 bits per heavy atom. The van der Waals surface area contributed by atoms with Gasteiger partial charge in [0, 0.05) is 13.0 Å². The van der Waals surface area contributed by atoms with Gasteiger partial charge in [-0.1, -0.05) is 47.6 Å². The van der Waals surface area contributed by atoms with Crippen molar-refractivity contribution in [1.29, 1.82) is 0 Å². The fourth-order valence-electron chi connectivity index (χ4n) is 4.72. The van der Waals surface area contributed by atoms with Crippen LogP contribution < -0.4 is 14.8 Å². The number of amides is 1. The molecule has 194 valence electrons. The number of hydrogen-bond donors (Lipinski definition) is 3. The first kappa shape index (κ1) is 25.0. The summed E-state index contributed by atoms with van der Waals surface area (Å²) in [5, 5.41) is 29.1. The number of rotatable bonds is 9. The van der Waals surface area contributed by atoms with Gasteiger partial charge in [-0.15, -0.1) is 0 Å². The molecule has 2 aliphatic heterocycles. The van der Waals surface area contributed by atoms with Crippen molar-refractivity contribution < 1.29 is 29.0 Å². The smallest absolute Gasteiger partial charge is 0.269 e. The molecule has 2 atom stereocenters. The van der Waals surface area contributed by atoms with Crippen molar-refractivity contribution >= 4 is 22.4 Å². The lowest BCUT2D eigenvalue weighted by molar-refractivity contribution is -0.116. The van der Waals surface area contributed by atoms with Crippen LogP contribution in [0.3, 0.4) is 0 Å². The van der Waals surface area contributed by atoms with E-state index in [0.717, 1.165) is 35.8 Å². The van der Waals surface area contributed by atoms with Gasteiger partial charge < -0.3 is 30.0 Å². The number of benzene rings is 3. The second kappa shape index (κ2) is 11.1. The quantitative estimate of drug-likeness (QED) is 0.233. The number of aryl methyl sites for hydroxylation is 1. The molecule has 3 aromatic carbocycles.